The minimum absolute atomic E-state index is 0.0926. The van der Waals surface area contributed by atoms with Crippen LogP contribution in [0.15, 0.2) is 6.20 Å². The van der Waals surface area contributed by atoms with E-state index in [-0.39, 0.29) is 5.06 Å². The van der Waals surface area contributed by atoms with E-state index in [1.807, 2.05) is 0 Å². The van der Waals surface area contributed by atoms with Crippen molar-refractivity contribution >= 4 is 22.9 Å². The van der Waals surface area contributed by atoms with Gasteiger partial charge in [0.15, 0.2) is 4.47 Å². The van der Waals surface area contributed by atoms with Gasteiger partial charge >= 0.3 is 0 Å². The highest BCUT2D eigenvalue weighted by molar-refractivity contribution is 7.17. The van der Waals surface area contributed by atoms with Gasteiger partial charge < -0.3 is 0 Å². The van der Waals surface area contributed by atoms with Gasteiger partial charge in [-0.25, -0.2) is 4.98 Å². The molecule has 0 amide bonds. The number of thiazole rings is 1. The Balaban J connectivity index is 3.04. The van der Waals surface area contributed by atoms with Crippen molar-refractivity contribution in [3.63, 3.8) is 0 Å². The Labute approximate surface area is 49.4 Å². The fourth-order valence-corrected chi connectivity index (χ4v) is 0.893. The van der Waals surface area contributed by atoms with Gasteiger partial charge in [-0.15, -0.1) is 0 Å². The first-order chi connectivity index (χ1) is 3.29. The third-order valence-corrected chi connectivity index (χ3v) is 1.37. The maximum absolute atomic E-state index is 10.2. The van der Waals surface area contributed by atoms with Crippen LogP contribution in [0.4, 0.5) is 0 Å². The molecular formula is C3HClNOS. The van der Waals surface area contributed by atoms with Crippen LogP contribution in [0, 0.1) is 0 Å². The monoisotopic (exact) mass is 134 g/mol. The third-order valence-electron chi connectivity index (χ3n) is 0.456. The lowest BCUT2D eigenvalue weighted by Crippen LogP contribution is -1.48. The number of hydrogen-bond acceptors (Lipinski definition) is 2. The number of hydrogen-bond donors (Lipinski definition) is 0. The number of rotatable bonds is 0. The molecule has 0 atom stereocenters. The number of nitrogens with zero attached hydrogens (tertiary/aromatic N) is 1. The molecule has 0 unspecified atom stereocenters. The normalized spacial score (nSPS) is 9.29. The summed E-state index contributed by atoms with van der Waals surface area (Å²) in [5, 5.41) is 10.1. The quantitative estimate of drug-likeness (QED) is 0.534. The molecule has 1 rings (SSSR count). The second-order valence-electron chi connectivity index (χ2n) is 0.932. The molecule has 1 aromatic heterocycles. The van der Waals surface area contributed by atoms with Gasteiger partial charge in [0.2, 0.25) is 0 Å². The summed E-state index contributed by atoms with van der Waals surface area (Å²) in [6.45, 7) is 0. The van der Waals surface area contributed by atoms with Crippen molar-refractivity contribution in [2.45, 2.75) is 0 Å². The summed E-state index contributed by atoms with van der Waals surface area (Å²) < 4.78 is 0.310. The van der Waals surface area contributed by atoms with E-state index in [1.165, 1.54) is 6.20 Å². The van der Waals surface area contributed by atoms with Gasteiger partial charge in [0, 0.05) is 0 Å². The first kappa shape index (κ1) is 4.87. The molecule has 0 spiro atoms. The van der Waals surface area contributed by atoms with E-state index in [4.69, 9.17) is 11.6 Å². The summed E-state index contributed by atoms with van der Waals surface area (Å²) in [5.41, 5.74) is 0. The molecule has 4 heteroatoms. The SMILES string of the molecule is [O]c1cnc(Cl)s1. The van der Waals surface area contributed by atoms with Crippen LogP contribution >= 0.6 is 22.9 Å². The molecule has 37 valence electrons. The molecule has 0 fully saturated rings. The van der Waals surface area contributed by atoms with Crippen LogP contribution in [-0.2, 0) is 5.11 Å². The van der Waals surface area contributed by atoms with Gasteiger partial charge in [-0.2, -0.15) is 0 Å². The molecule has 0 aliphatic heterocycles. The van der Waals surface area contributed by atoms with E-state index >= 15 is 0 Å². The Bertz CT molecular complexity index is 147. The zero-order valence-corrected chi connectivity index (χ0v) is 4.79. The van der Waals surface area contributed by atoms with E-state index in [0.29, 0.717) is 4.47 Å². The maximum Gasteiger partial charge on any atom is 0.253 e. The largest absolute Gasteiger partial charge is 0.276 e. The molecule has 0 bridgehead atoms. The molecule has 1 aromatic rings. The highest BCUT2D eigenvalue weighted by Crippen LogP contribution is 2.23. The first-order valence-electron chi connectivity index (χ1n) is 1.57. The Morgan fingerprint density at radius 2 is 2.57 bits per heavy atom. The van der Waals surface area contributed by atoms with Crippen LogP contribution in [0.3, 0.4) is 0 Å². The zero-order valence-electron chi connectivity index (χ0n) is 3.22. The summed E-state index contributed by atoms with van der Waals surface area (Å²) >= 11 is 6.21. The van der Waals surface area contributed by atoms with E-state index in [0.717, 1.165) is 11.3 Å². The van der Waals surface area contributed by atoms with Crippen LogP contribution in [-0.4, -0.2) is 4.98 Å². The summed E-state index contributed by atoms with van der Waals surface area (Å²) in [4.78, 5) is 3.49. The second-order valence-corrected chi connectivity index (χ2v) is 2.51. The topological polar surface area (TPSA) is 32.8 Å². The summed E-state index contributed by atoms with van der Waals surface area (Å²) in [7, 11) is 0. The fraction of sp³-hybridized carbons (Fsp3) is 0. The van der Waals surface area contributed by atoms with Gasteiger partial charge in [-0.05, 0) is 0 Å². The summed E-state index contributed by atoms with van der Waals surface area (Å²) in [5.74, 6) is 0. The lowest BCUT2D eigenvalue weighted by molar-refractivity contribution is 0.367. The molecule has 0 saturated heterocycles. The van der Waals surface area contributed by atoms with Crippen molar-refractivity contribution in [2.75, 3.05) is 0 Å². The summed E-state index contributed by atoms with van der Waals surface area (Å²) in [6, 6.07) is 0. The smallest absolute Gasteiger partial charge is 0.253 e. The van der Waals surface area contributed by atoms with E-state index in [2.05, 4.69) is 4.98 Å². The molecular weight excluding hydrogens is 134 g/mol. The van der Waals surface area contributed by atoms with Crippen molar-refractivity contribution in [3.05, 3.63) is 10.7 Å². The standard InChI is InChI=1S/C3HClNOS/c4-3-5-1-2(6)7-3/h1H. The van der Waals surface area contributed by atoms with Gasteiger partial charge in [0.05, 0.1) is 6.20 Å². The molecule has 0 saturated carbocycles. The van der Waals surface area contributed by atoms with Crippen molar-refractivity contribution in [2.24, 2.45) is 0 Å². The predicted octanol–water partition coefficient (Wildman–Crippen LogP) is 1.94. The Hall–Kier alpha value is -0.280. The van der Waals surface area contributed by atoms with Crippen molar-refractivity contribution in [1.29, 1.82) is 0 Å². The zero-order chi connectivity index (χ0) is 5.28. The Morgan fingerprint density at radius 1 is 1.86 bits per heavy atom. The molecule has 0 aliphatic carbocycles. The average molecular weight is 135 g/mol. The van der Waals surface area contributed by atoms with Crippen LogP contribution in [0.1, 0.15) is 0 Å². The first-order valence-corrected chi connectivity index (χ1v) is 2.77. The van der Waals surface area contributed by atoms with Gasteiger partial charge in [-0.1, -0.05) is 22.9 Å². The minimum atomic E-state index is -0.0926. The van der Waals surface area contributed by atoms with Crippen LogP contribution < -0.4 is 0 Å². The summed E-state index contributed by atoms with van der Waals surface area (Å²) in [6.07, 6.45) is 1.20. The molecule has 2 nitrogen and oxygen atoms in total. The van der Waals surface area contributed by atoms with Crippen LogP contribution in [0.25, 0.3) is 0 Å². The molecule has 7 heavy (non-hydrogen) atoms. The molecule has 1 heterocycles. The Morgan fingerprint density at radius 3 is 2.71 bits per heavy atom. The van der Waals surface area contributed by atoms with Crippen molar-refractivity contribution in [3.8, 4) is 5.06 Å². The number of halogens is 1. The van der Waals surface area contributed by atoms with E-state index in [1.54, 1.807) is 0 Å². The molecule has 1 radical (unpaired) electrons. The van der Waals surface area contributed by atoms with E-state index in [9.17, 15) is 5.11 Å². The van der Waals surface area contributed by atoms with Crippen molar-refractivity contribution in [1.82, 2.24) is 4.98 Å². The van der Waals surface area contributed by atoms with Gasteiger partial charge in [0.1, 0.15) is 0 Å². The van der Waals surface area contributed by atoms with Crippen LogP contribution in [0.5, 0.6) is 5.06 Å². The highest BCUT2D eigenvalue weighted by Gasteiger charge is 1.94. The molecule has 0 N–H and O–H groups in total. The lowest BCUT2D eigenvalue weighted by atomic mass is 10.9. The average Bonchev–Trinajstić information content (AvgIpc) is 1.87. The maximum atomic E-state index is 10.2. The number of aromatic nitrogens is 1. The lowest BCUT2D eigenvalue weighted by Gasteiger charge is -1.62. The minimum Gasteiger partial charge on any atom is -0.276 e. The van der Waals surface area contributed by atoms with Crippen molar-refractivity contribution < 1.29 is 5.11 Å². The van der Waals surface area contributed by atoms with E-state index < -0.39 is 0 Å². The molecule has 0 aromatic carbocycles. The fourth-order valence-electron chi connectivity index (χ4n) is 0.239. The van der Waals surface area contributed by atoms with Gasteiger partial charge in [-0.3, -0.25) is 5.11 Å². The molecule has 0 aliphatic rings. The van der Waals surface area contributed by atoms with Gasteiger partial charge in [0.25, 0.3) is 5.06 Å². The third kappa shape index (κ3) is 1.04. The predicted molar refractivity (Wildman–Crippen MR) is 27.3 cm³/mol. The Kier molecular flexibility index (Phi) is 1.17. The second kappa shape index (κ2) is 1.68. The highest BCUT2D eigenvalue weighted by atomic mass is 35.5. The van der Waals surface area contributed by atoms with Crippen LogP contribution in [0.2, 0.25) is 4.47 Å².